The largest absolute Gasteiger partial charge is 0.335 e. The van der Waals surface area contributed by atoms with Crippen molar-refractivity contribution in [1.29, 1.82) is 0 Å². The SMILES string of the molecule is CCn1nc(C(=O)N2CCN(Cc3cccc(C)c3)CC2)c(=O)c2cc(Cl)ccc21. The van der Waals surface area contributed by atoms with E-state index in [1.54, 1.807) is 27.8 Å². The number of aromatic nitrogens is 2. The fraction of sp³-hybridized carbons (Fsp3) is 0.348. The minimum atomic E-state index is -0.357. The Bertz CT molecular complexity index is 1150. The van der Waals surface area contributed by atoms with Gasteiger partial charge >= 0.3 is 0 Å². The van der Waals surface area contributed by atoms with Crippen molar-refractivity contribution < 1.29 is 4.79 Å². The Morgan fingerprint density at radius 1 is 1.10 bits per heavy atom. The van der Waals surface area contributed by atoms with E-state index in [1.165, 1.54) is 11.1 Å². The number of hydrogen-bond donors (Lipinski definition) is 0. The number of nitrogens with zero attached hydrogens (tertiary/aromatic N) is 4. The van der Waals surface area contributed by atoms with Crippen molar-refractivity contribution in [3.05, 3.63) is 74.5 Å². The molecule has 0 aliphatic carbocycles. The number of fused-ring (bicyclic) bond motifs is 1. The summed E-state index contributed by atoms with van der Waals surface area (Å²) < 4.78 is 1.69. The standard InChI is InChI=1S/C23H25ClN4O2/c1-3-28-20-8-7-18(24)14-19(20)22(29)21(25-28)23(30)27-11-9-26(10-12-27)15-17-6-4-5-16(2)13-17/h4-8,13-14H,3,9-12,15H2,1-2H3. The number of amides is 1. The molecule has 0 unspecified atom stereocenters. The molecule has 1 aromatic heterocycles. The molecule has 1 aliphatic heterocycles. The van der Waals surface area contributed by atoms with Crippen molar-refractivity contribution in [2.24, 2.45) is 0 Å². The van der Waals surface area contributed by atoms with E-state index in [1.807, 2.05) is 6.92 Å². The highest BCUT2D eigenvalue weighted by atomic mass is 35.5. The van der Waals surface area contributed by atoms with Crippen LogP contribution in [0.2, 0.25) is 5.02 Å². The third-order valence-electron chi connectivity index (χ3n) is 5.57. The van der Waals surface area contributed by atoms with Crippen LogP contribution in [0.5, 0.6) is 0 Å². The van der Waals surface area contributed by atoms with Gasteiger partial charge in [-0.05, 0) is 37.6 Å². The molecule has 0 radical (unpaired) electrons. The highest BCUT2D eigenvalue weighted by Gasteiger charge is 2.26. The van der Waals surface area contributed by atoms with Crippen molar-refractivity contribution in [3.63, 3.8) is 0 Å². The van der Waals surface area contributed by atoms with Crippen LogP contribution in [0.1, 0.15) is 28.5 Å². The van der Waals surface area contributed by atoms with Gasteiger partial charge in [0.1, 0.15) is 0 Å². The van der Waals surface area contributed by atoms with Gasteiger partial charge in [0.15, 0.2) is 5.69 Å². The monoisotopic (exact) mass is 424 g/mol. The molecule has 1 aliphatic rings. The second kappa shape index (κ2) is 8.58. The van der Waals surface area contributed by atoms with Crippen LogP contribution in [0, 0.1) is 6.92 Å². The zero-order valence-corrected chi connectivity index (χ0v) is 18.0. The molecule has 3 aromatic rings. The number of hydrogen-bond acceptors (Lipinski definition) is 4. The summed E-state index contributed by atoms with van der Waals surface area (Å²) in [4.78, 5) is 30.2. The first-order chi connectivity index (χ1) is 14.5. The van der Waals surface area contributed by atoms with Crippen LogP contribution in [0.15, 0.2) is 47.3 Å². The van der Waals surface area contributed by atoms with E-state index in [9.17, 15) is 9.59 Å². The third kappa shape index (κ3) is 4.11. The van der Waals surface area contributed by atoms with E-state index in [4.69, 9.17) is 11.6 Å². The smallest absolute Gasteiger partial charge is 0.278 e. The molecule has 1 amide bonds. The molecule has 1 fully saturated rings. The van der Waals surface area contributed by atoms with Crippen LogP contribution >= 0.6 is 11.6 Å². The summed E-state index contributed by atoms with van der Waals surface area (Å²) in [6, 6.07) is 13.6. The molecule has 7 heteroatoms. The molecule has 6 nitrogen and oxygen atoms in total. The van der Waals surface area contributed by atoms with Crippen LogP contribution in [0.25, 0.3) is 10.9 Å². The molecule has 156 valence electrons. The van der Waals surface area contributed by atoms with E-state index < -0.39 is 0 Å². The molecule has 4 rings (SSSR count). The summed E-state index contributed by atoms with van der Waals surface area (Å²) in [5.41, 5.74) is 2.82. The zero-order chi connectivity index (χ0) is 21.3. The van der Waals surface area contributed by atoms with Gasteiger partial charge in [0.05, 0.1) is 10.9 Å². The van der Waals surface area contributed by atoms with Crippen molar-refractivity contribution in [2.45, 2.75) is 26.9 Å². The molecule has 0 saturated carbocycles. The van der Waals surface area contributed by atoms with Crippen molar-refractivity contribution >= 4 is 28.4 Å². The Morgan fingerprint density at radius 2 is 1.87 bits per heavy atom. The second-order valence-electron chi connectivity index (χ2n) is 7.71. The summed E-state index contributed by atoms with van der Waals surface area (Å²) in [5.74, 6) is -0.306. The van der Waals surface area contributed by atoms with E-state index in [-0.39, 0.29) is 17.0 Å². The molecule has 2 aromatic carbocycles. The van der Waals surface area contributed by atoms with Crippen LogP contribution in [0.4, 0.5) is 0 Å². The highest BCUT2D eigenvalue weighted by Crippen LogP contribution is 2.17. The number of halogens is 1. The summed E-state index contributed by atoms with van der Waals surface area (Å²) >= 11 is 6.09. The lowest BCUT2D eigenvalue weighted by Crippen LogP contribution is -2.49. The average molecular weight is 425 g/mol. The molecule has 0 N–H and O–H groups in total. The van der Waals surface area contributed by atoms with E-state index >= 15 is 0 Å². The molecule has 0 bridgehead atoms. The predicted octanol–water partition coefficient (Wildman–Crippen LogP) is 3.34. The Labute approximate surface area is 180 Å². The van der Waals surface area contributed by atoms with Crippen LogP contribution in [-0.2, 0) is 13.1 Å². The molecule has 1 saturated heterocycles. The lowest BCUT2D eigenvalue weighted by molar-refractivity contribution is 0.0619. The Morgan fingerprint density at radius 3 is 2.57 bits per heavy atom. The maximum atomic E-state index is 13.1. The van der Waals surface area contributed by atoms with Gasteiger partial charge in [-0.15, -0.1) is 0 Å². The molecule has 0 spiro atoms. The molecule has 2 heterocycles. The van der Waals surface area contributed by atoms with Crippen molar-refractivity contribution in [2.75, 3.05) is 26.2 Å². The maximum absolute atomic E-state index is 13.1. The average Bonchev–Trinajstić information content (AvgIpc) is 2.74. The summed E-state index contributed by atoms with van der Waals surface area (Å²) in [5, 5.41) is 5.28. The van der Waals surface area contributed by atoms with Crippen LogP contribution in [0.3, 0.4) is 0 Å². The quantitative estimate of drug-likeness (QED) is 0.644. The Hall–Kier alpha value is -2.70. The number of benzene rings is 2. The van der Waals surface area contributed by atoms with Gasteiger partial charge < -0.3 is 4.90 Å². The second-order valence-corrected chi connectivity index (χ2v) is 8.15. The van der Waals surface area contributed by atoms with Gasteiger partial charge in [-0.25, -0.2) is 0 Å². The fourth-order valence-electron chi connectivity index (χ4n) is 3.97. The van der Waals surface area contributed by atoms with Gasteiger partial charge in [-0.2, -0.15) is 5.10 Å². The van der Waals surface area contributed by atoms with Gasteiger partial charge in [0.2, 0.25) is 5.43 Å². The van der Waals surface area contributed by atoms with E-state index in [0.717, 1.165) is 19.6 Å². The molecular weight excluding hydrogens is 400 g/mol. The number of aryl methyl sites for hydroxylation is 2. The lowest BCUT2D eigenvalue weighted by Gasteiger charge is -2.34. The van der Waals surface area contributed by atoms with Crippen molar-refractivity contribution in [3.8, 4) is 0 Å². The van der Waals surface area contributed by atoms with E-state index in [0.29, 0.717) is 35.6 Å². The minimum absolute atomic E-state index is 0.0289. The molecular formula is C23H25ClN4O2. The van der Waals surface area contributed by atoms with Gasteiger partial charge in [0, 0.05) is 44.3 Å². The predicted molar refractivity (Wildman–Crippen MR) is 119 cm³/mol. The Kier molecular flexibility index (Phi) is 5.88. The van der Waals surface area contributed by atoms with Gasteiger partial charge in [0.25, 0.3) is 5.91 Å². The first kappa shape index (κ1) is 20.6. The van der Waals surface area contributed by atoms with Crippen LogP contribution < -0.4 is 5.43 Å². The number of piperazine rings is 1. The fourth-order valence-corrected chi connectivity index (χ4v) is 4.14. The maximum Gasteiger partial charge on any atom is 0.278 e. The first-order valence-corrected chi connectivity index (χ1v) is 10.6. The topological polar surface area (TPSA) is 58.4 Å². The normalized spacial score (nSPS) is 15.0. The minimum Gasteiger partial charge on any atom is -0.335 e. The summed E-state index contributed by atoms with van der Waals surface area (Å²) in [6.45, 7) is 8.12. The number of rotatable bonds is 4. The molecule has 0 atom stereocenters. The van der Waals surface area contributed by atoms with Gasteiger partial charge in [-0.1, -0.05) is 41.4 Å². The number of carbonyl (C=O) groups is 1. The highest BCUT2D eigenvalue weighted by molar-refractivity contribution is 6.31. The van der Waals surface area contributed by atoms with Crippen molar-refractivity contribution in [1.82, 2.24) is 19.6 Å². The zero-order valence-electron chi connectivity index (χ0n) is 17.3. The summed E-state index contributed by atoms with van der Waals surface area (Å²) in [6.07, 6.45) is 0. The Balaban J connectivity index is 1.52. The third-order valence-corrected chi connectivity index (χ3v) is 5.80. The van der Waals surface area contributed by atoms with Gasteiger partial charge in [-0.3, -0.25) is 19.2 Å². The summed E-state index contributed by atoms with van der Waals surface area (Å²) in [7, 11) is 0. The first-order valence-electron chi connectivity index (χ1n) is 10.2. The number of carbonyl (C=O) groups excluding carboxylic acids is 1. The lowest BCUT2D eigenvalue weighted by atomic mass is 10.1. The molecule has 30 heavy (non-hydrogen) atoms. The van der Waals surface area contributed by atoms with E-state index in [2.05, 4.69) is 41.2 Å². The van der Waals surface area contributed by atoms with Crippen LogP contribution in [-0.4, -0.2) is 51.7 Å².